The summed E-state index contributed by atoms with van der Waals surface area (Å²) in [5, 5.41) is 15.6. The summed E-state index contributed by atoms with van der Waals surface area (Å²) in [6.45, 7) is 7.38. The van der Waals surface area contributed by atoms with E-state index in [1.165, 1.54) is 23.5 Å². The van der Waals surface area contributed by atoms with Crippen molar-refractivity contribution in [3.05, 3.63) is 29.8 Å². The van der Waals surface area contributed by atoms with E-state index >= 15 is 0 Å². The molecular weight excluding hydrogens is 466 g/mol. The molecule has 2 atom stereocenters. The van der Waals surface area contributed by atoms with Crippen molar-refractivity contribution >= 4 is 29.7 Å². The highest BCUT2D eigenvalue weighted by atomic mass is 32.2. The van der Waals surface area contributed by atoms with Crippen molar-refractivity contribution < 1.29 is 24.2 Å². The highest BCUT2D eigenvalue weighted by molar-refractivity contribution is 7.98. The Morgan fingerprint density at radius 1 is 1.14 bits per heavy atom. The van der Waals surface area contributed by atoms with E-state index in [0.29, 0.717) is 17.7 Å². The van der Waals surface area contributed by atoms with E-state index in [1.54, 1.807) is 44.7 Å². The van der Waals surface area contributed by atoms with Crippen molar-refractivity contribution in [2.24, 2.45) is 0 Å². The number of thioether (sulfide) groups is 1. The summed E-state index contributed by atoms with van der Waals surface area (Å²) in [7, 11) is 0. The zero-order valence-electron chi connectivity index (χ0n) is 21.6. The van der Waals surface area contributed by atoms with Crippen LogP contribution in [0.5, 0.6) is 5.75 Å². The van der Waals surface area contributed by atoms with E-state index in [4.69, 9.17) is 4.74 Å². The molecule has 2 unspecified atom stereocenters. The Kier molecular flexibility index (Phi) is 11.2. The average Bonchev–Trinajstić information content (AvgIpc) is 2.80. The zero-order chi connectivity index (χ0) is 26.0. The smallest absolute Gasteiger partial charge is 0.408 e. The van der Waals surface area contributed by atoms with Gasteiger partial charge in [-0.15, -0.1) is 0 Å². The van der Waals surface area contributed by atoms with Crippen molar-refractivity contribution in [2.75, 3.05) is 18.6 Å². The first-order chi connectivity index (χ1) is 16.6. The van der Waals surface area contributed by atoms with Gasteiger partial charge in [0.2, 0.25) is 11.8 Å². The van der Waals surface area contributed by atoms with Crippen LogP contribution in [-0.4, -0.2) is 64.2 Å². The van der Waals surface area contributed by atoms with Crippen LogP contribution < -0.4 is 10.6 Å². The van der Waals surface area contributed by atoms with Crippen LogP contribution >= 0.6 is 11.8 Å². The molecule has 0 spiro atoms. The van der Waals surface area contributed by atoms with E-state index in [9.17, 15) is 19.5 Å². The van der Waals surface area contributed by atoms with Crippen molar-refractivity contribution in [1.82, 2.24) is 15.5 Å². The number of hydrogen-bond acceptors (Lipinski definition) is 6. The van der Waals surface area contributed by atoms with Gasteiger partial charge in [0.1, 0.15) is 23.4 Å². The molecule has 1 aromatic rings. The number of amides is 3. The third kappa shape index (κ3) is 9.28. The Labute approximate surface area is 213 Å². The van der Waals surface area contributed by atoms with Crippen molar-refractivity contribution in [3.8, 4) is 5.75 Å². The van der Waals surface area contributed by atoms with Gasteiger partial charge in [0, 0.05) is 12.6 Å². The standard InChI is InChI=1S/C26H41N3O5S/c1-6-29(24(32)21(16-17-35-5)28-25(33)34-26(2,3)4)22(18-12-14-20(30)15-13-18)23(31)27-19-10-8-7-9-11-19/h12-15,19,21-22,30H,6-11,16-17H2,1-5H3,(H,27,31)(H,28,33). The molecule has 3 N–H and O–H groups in total. The molecule has 3 amide bonds. The monoisotopic (exact) mass is 507 g/mol. The third-order valence-corrected chi connectivity index (χ3v) is 6.59. The van der Waals surface area contributed by atoms with Crippen LogP contribution in [0.1, 0.15) is 77.8 Å². The fourth-order valence-corrected chi connectivity index (χ4v) is 4.74. The number of nitrogens with one attached hydrogen (secondary N) is 2. The van der Waals surface area contributed by atoms with Crippen LogP contribution in [-0.2, 0) is 14.3 Å². The van der Waals surface area contributed by atoms with Gasteiger partial charge in [0.15, 0.2) is 0 Å². The van der Waals surface area contributed by atoms with Crippen LogP contribution in [0, 0.1) is 0 Å². The van der Waals surface area contributed by atoms with Gasteiger partial charge in [0.25, 0.3) is 0 Å². The van der Waals surface area contributed by atoms with E-state index in [-0.39, 0.29) is 30.2 Å². The van der Waals surface area contributed by atoms with Crippen LogP contribution in [0.15, 0.2) is 24.3 Å². The number of hydrogen-bond donors (Lipinski definition) is 3. The molecule has 0 heterocycles. The number of benzene rings is 1. The molecule has 1 aliphatic rings. The summed E-state index contributed by atoms with van der Waals surface area (Å²) in [5.74, 6) is 0.143. The normalized spacial score (nSPS) is 16.1. The van der Waals surface area contributed by atoms with Crippen molar-refractivity contribution in [1.29, 1.82) is 0 Å². The first-order valence-electron chi connectivity index (χ1n) is 12.4. The number of nitrogens with zero attached hydrogens (tertiary/aromatic N) is 1. The van der Waals surface area contributed by atoms with Gasteiger partial charge in [-0.25, -0.2) is 4.79 Å². The van der Waals surface area contributed by atoms with E-state index in [1.807, 2.05) is 13.2 Å². The van der Waals surface area contributed by atoms with E-state index in [0.717, 1.165) is 25.7 Å². The molecule has 2 rings (SSSR count). The molecule has 35 heavy (non-hydrogen) atoms. The lowest BCUT2D eigenvalue weighted by Gasteiger charge is -2.35. The lowest BCUT2D eigenvalue weighted by molar-refractivity contribution is -0.142. The fraction of sp³-hybridized carbons (Fsp3) is 0.654. The number of phenolic OH excluding ortho intramolecular Hbond substituents is 1. The van der Waals surface area contributed by atoms with Crippen molar-refractivity contribution in [2.45, 2.75) is 89.9 Å². The maximum absolute atomic E-state index is 13.8. The number of carbonyl (C=O) groups excluding carboxylic acids is 3. The van der Waals surface area contributed by atoms with Gasteiger partial charge >= 0.3 is 6.09 Å². The second-order valence-electron chi connectivity index (χ2n) is 9.94. The summed E-state index contributed by atoms with van der Waals surface area (Å²) in [5.41, 5.74) is -0.0944. The number of phenols is 1. The van der Waals surface area contributed by atoms with Crippen LogP contribution in [0.4, 0.5) is 4.79 Å². The molecule has 196 valence electrons. The number of aromatic hydroxyl groups is 1. The largest absolute Gasteiger partial charge is 0.508 e. The van der Waals surface area contributed by atoms with Gasteiger partial charge in [-0.1, -0.05) is 31.4 Å². The summed E-state index contributed by atoms with van der Waals surface area (Å²) < 4.78 is 5.38. The first-order valence-corrected chi connectivity index (χ1v) is 13.8. The molecule has 0 saturated heterocycles. The van der Waals surface area contributed by atoms with Crippen LogP contribution in [0.3, 0.4) is 0 Å². The Balaban J connectivity index is 2.33. The Morgan fingerprint density at radius 3 is 2.31 bits per heavy atom. The summed E-state index contributed by atoms with van der Waals surface area (Å²) in [4.78, 5) is 41.4. The second kappa shape index (κ2) is 13.6. The van der Waals surface area contributed by atoms with Crippen LogP contribution in [0.2, 0.25) is 0 Å². The predicted octanol–water partition coefficient (Wildman–Crippen LogP) is 4.38. The number of ether oxygens (including phenoxy) is 1. The minimum atomic E-state index is -0.882. The SMILES string of the molecule is CCN(C(=O)C(CCSC)NC(=O)OC(C)(C)C)C(C(=O)NC1CCCCC1)c1ccc(O)cc1. The van der Waals surface area contributed by atoms with E-state index < -0.39 is 23.8 Å². The zero-order valence-corrected chi connectivity index (χ0v) is 22.5. The van der Waals surface area contributed by atoms with Crippen molar-refractivity contribution in [3.63, 3.8) is 0 Å². The Hall–Kier alpha value is -2.42. The van der Waals surface area contributed by atoms with Gasteiger partial charge < -0.3 is 25.4 Å². The van der Waals surface area contributed by atoms with Gasteiger partial charge in [0.05, 0.1) is 0 Å². The Morgan fingerprint density at radius 2 is 1.77 bits per heavy atom. The van der Waals surface area contributed by atoms with Gasteiger partial charge in [-0.2, -0.15) is 11.8 Å². The molecule has 0 bridgehead atoms. The molecule has 0 aliphatic heterocycles. The molecular formula is C26H41N3O5S. The molecule has 0 radical (unpaired) electrons. The summed E-state index contributed by atoms with van der Waals surface area (Å²) >= 11 is 1.57. The maximum Gasteiger partial charge on any atom is 0.408 e. The highest BCUT2D eigenvalue weighted by Gasteiger charge is 2.36. The van der Waals surface area contributed by atoms with E-state index in [2.05, 4.69) is 10.6 Å². The average molecular weight is 508 g/mol. The minimum absolute atomic E-state index is 0.0804. The molecule has 9 heteroatoms. The highest BCUT2D eigenvalue weighted by Crippen LogP contribution is 2.26. The lowest BCUT2D eigenvalue weighted by atomic mass is 9.94. The quantitative estimate of drug-likeness (QED) is 0.434. The number of likely N-dealkylation sites (N-methyl/N-ethyl adjacent to an activating group) is 1. The lowest BCUT2D eigenvalue weighted by Crippen LogP contribution is -2.54. The molecule has 0 aromatic heterocycles. The number of alkyl carbamates (subject to hydrolysis) is 1. The third-order valence-electron chi connectivity index (χ3n) is 5.94. The Bertz CT molecular complexity index is 834. The molecule has 1 aliphatic carbocycles. The topological polar surface area (TPSA) is 108 Å². The molecule has 1 aromatic carbocycles. The molecule has 8 nitrogen and oxygen atoms in total. The van der Waals surface area contributed by atoms with Gasteiger partial charge in [-0.05, 0) is 76.7 Å². The summed E-state index contributed by atoms with van der Waals surface area (Å²) in [6.07, 6.45) is 6.83. The number of carbonyl (C=O) groups is 3. The number of rotatable bonds is 10. The molecule has 1 saturated carbocycles. The van der Waals surface area contributed by atoms with Gasteiger partial charge in [-0.3, -0.25) is 9.59 Å². The second-order valence-corrected chi connectivity index (χ2v) is 10.9. The molecule has 1 fully saturated rings. The predicted molar refractivity (Wildman–Crippen MR) is 139 cm³/mol. The minimum Gasteiger partial charge on any atom is -0.508 e. The summed E-state index contributed by atoms with van der Waals surface area (Å²) in [6, 6.07) is 4.71. The van der Waals surface area contributed by atoms with Crippen LogP contribution in [0.25, 0.3) is 0 Å². The first kappa shape index (κ1) is 28.8. The fourth-order valence-electron chi connectivity index (χ4n) is 4.27. The maximum atomic E-state index is 13.8.